The third-order valence-corrected chi connectivity index (χ3v) is 5.77. The van der Waals surface area contributed by atoms with E-state index < -0.39 is 9.84 Å². The molecule has 0 radical (unpaired) electrons. The van der Waals surface area contributed by atoms with Gasteiger partial charge < -0.3 is 4.52 Å². The zero-order valence-corrected chi connectivity index (χ0v) is 14.7. The molecule has 0 saturated heterocycles. The molecule has 124 valence electrons. The Morgan fingerprint density at radius 1 is 1.39 bits per heavy atom. The fourth-order valence-corrected chi connectivity index (χ4v) is 4.35. The third kappa shape index (κ3) is 3.28. The van der Waals surface area contributed by atoms with Gasteiger partial charge in [0.1, 0.15) is 9.84 Å². The summed E-state index contributed by atoms with van der Waals surface area (Å²) in [5, 5.41) is 4.83. The van der Waals surface area contributed by atoms with Crippen molar-refractivity contribution in [2.45, 2.75) is 37.5 Å². The summed E-state index contributed by atoms with van der Waals surface area (Å²) >= 11 is 6.12. The van der Waals surface area contributed by atoms with Crippen LogP contribution in [-0.4, -0.2) is 30.6 Å². The fourth-order valence-electron chi connectivity index (χ4n) is 3.11. The second kappa shape index (κ2) is 5.91. The van der Waals surface area contributed by atoms with Crippen molar-refractivity contribution in [2.24, 2.45) is 0 Å². The molecule has 1 fully saturated rings. The molecule has 0 N–H and O–H groups in total. The van der Waals surface area contributed by atoms with Gasteiger partial charge >= 0.3 is 0 Å². The molecule has 1 saturated carbocycles. The highest BCUT2D eigenvalue weighted by Crippen LogP contribution is 2.48. The molecule has 0 spiro atoms. The minimum absolute atomic E-state index is 0.00119. The van der Waals surface area contributed by atoms with Crippen LogP contribution in [0.2, 0.25) is 5.02 Å². The Morgan fingerprint density at radius 2 is 2.13 bits per heavy atom. The summed E-state index contributed by atoms with van der Waals surface area (Å²) in [5.41, 5.74) is 0.816. The number of nitrogens with zero attached hydrogens (tertiary/aromatic N) is 2. The lowest BCUT2D eigenvalue weighted by atomic mass is 9.64. The Bertz CT molecular complexity index is 812. The molecule has 1 heterocycles. The maximum Gasteiger partial charge on any atom is 0.230 e. The van der Waals surface area contributed by atoms with Crippen LogP contribution < -0.4 is 0 Å². The Kier molecular flexibility index (Phi) is 4.23. The molecule has 1 aliphatic carbocycles. The van der Waals surface area contributed by atoms with Gasteiger partial charge in [-0.1, -0.05) is 42.2 Å². The van der Waals surface area contributed by atoms with Crippen molar-refractivity contribution in [3.8, 4) is 0 Å². The summed E-state index contributed by atoms with van der Waals surface area (Å²) in [7, 11) is -3.09. The molecule has 1 aliphatic rings. The summed E-state index contributed by atoms with van der Waals surface area (Å²) in [5.74, 6) is 0.682. The standard InChI is InChI=1S/C16H19ClN2O3S/c1-11(10-23(2,20)21)14-18-15(19-22-14)16(7-4-8-16)12-5-3-6-13(17)9-12/h3,5-6,9,11H,4,7-8,10H2,1-2H3. The van der Waals surface area contributed by atoms with Gasteiger partial charge in [-0.25, -0.2) is 8.42 Å². The largest absolute Gasteiger partial charge is 0.339 e. The first-order chi connectivity index (χ1) is 10.8. The first-order valence-electron chi connectivity index (χ1n) is 7.58. The Balaban J connectivity index is 1.92. The van der Waals surface area contributed by atoms with E-state index in [1.54, 1.807) is 6.92 Å². The van der Waals surface area contributed by atoms with E-state index >= 15 is 0 Å². The SMILES string of the molecule is CC(CS(C)(=O)=O)c1nc(C2(c3cccc(Cl)c3)CCC2)no1. The number of benzene rings is 1. The number of halogens is 1. The fraction of sp³-hybridized carbons (Fsp3) is 0.500. The first kappa shape index (κ1) is 16.5. The zero-order valence-electron chi connectivity index (χ0n) is 13.1. The van der Waals surface area contributed by atoms with Crippen LogP contribution in [0.3, 0.4) is 0 Å². The maximum absolute atomic E-state index is 11.4. The lowest BCUT2D eigenvalue weighted by molar-refractivity contribution is 0.270. The van der Waals surface area contributed by atoms with Crippen LogP contribution in [0.1, 0.15) is 49.4 Å². The molecule has 2 aromatic rings. The highest BCUT2D eigenvalue weighted by atomic mass is 35.5. The summed E-state index contributed by atoms with van der Waals surface area (Å²) < 4.78 is 28.2. The molecule has 0 aliphatic heterocycles. The van der Waals surface area contributed by atoms with E-state index in [9.17, 15) is 8.42 Å². The number of hydrogen-bond donors (Lipinski definition) is 0. The molecule has 5 nitrogen and oxygen atoms in total. The van der Waals surface area contributed by atoms with Gasteiger partial charge in [0.05, 0.1) is 11.2 Å². The average molecular weight is 355 g/mol. The van der Waals surface area contributed by atoms with Crippen LogP contribution in [0.25, 0.3) is 0 Å². The van der Waals surface area contributed by atoms with Crippen molar-refractivity contribution in [3.05, 3.63) is 46.6 Å². The lowest BCUT2D eigenvalue weighted by Gasteiger charge is -2.39. The van der Waals surface area contributed by atoms with E-state index in [-0.39, 0.29) is 17.1 Å². The predicted molar refractivity (Wildman–Crippen MR) is 88.5 cm³/mol. The summed E-state index contributed by atoms with van der Waals surface area (Å²) in [6.45, 7) is 1.78. The number of aromatic nitrogens is 2. The van der Waals surface area contributed by atoms with Gasteiger partial charge in [0.25, 0.3) is 0 Å². The normalized spacial score (nSPS) is 18.4. The topological polar surface area (TPSA) is 73.1 Å². The van der Waals surface area contributed by atoms with Gasteiger partial charge in [-0.15, -0.1) is 0 Å². The van der Waals surface area contributed by atoms with Crippen LogP contribution >= 0.6 is 11.6 Å². The zero-order chi connectivity index (χ0) is 16.7. The van der Waals surface area contributed by atoms with Crippen molar-refractivity contribution in [1.82, 2.24) is 10.1 Å². The minimum Gasteiger partial charge on any atom is -0.339 e. The predicted octanol–water partition coefficient (Wildman–Crippen LogP) is 3.34. The van der Waals surface area contributed by atoms with Gasteiger partial charge in [-0.2, -0.15) is 4.98 Å². The summed E-state index contributed by atoms with van der Waals surface area (Å²) in [4.78, 5) is 4.51. The summed E-state index contributed by atoms with van der Waals surface area (Å²) in [6, 6.07) is 7.73. The second-order valence-corrected chi connectivity index (χ2v) is 9.02. The van der Waals surface area contributed by atoms with Crippen molar-refractivity contribution < 1.29 is 12.9 Å². The van der Waals surface area contributed by atoms with Crippen LogP contribution in [-0.2, 0) is 15.3 Å². The van der Waals surface area contributed by atoms with Gasteiger partial charge in [-0.3, -0.25) is 0 Å². The van der Waals surface area contributed by atoms with E-state index in [4.69, 9.17) is 16.1 Å². The van der Waals surface area contributed by atoms with Crippen molar-refractivity contribution in [2.75, 3.05) is 12.0 Å². The molecule has 1 aromatic carbocycles. The van der Waals surface area contributed by atoms with Gasteiger partial charge in [0.2, 0.25) is 5.89 Å². The highest BCUT2D eigenvalue weighted by Gasteiger charge is 2.44. The van der Waals surface area contributed by atoms with Gasteiger partial charge in [-0.05, 0) is 30.5 Å². The van der Waals surface area contributed by atoms with Crippen LogP contribution in [0, 0.1) is 0 Å². The van der Waals surface area contributed by atoms with Crippen LogP contribution in [0.4, 0.5) is 0 Å². The molecule has 7 heteroatoms. The Hall–Kier alpha value is -1.40. The van der Waals surface area contributed by atoms with E-state index in [2.05, 4.69) is 10.1 Å². The number of sulfone groups is 1. The number of hydrogen-bond acceptors (Lipinski definition) is 5. The van der Waals surface area contributed by atoms with Crippen molar-refractivity contribution in [3.63, 3.8) is 0 Å². The van der Waals surface area contributed by atoms with Crippen molar-refractivity contribution in [1.29, 1.82) is 0 Å². The van der Waals surface area contributed by atoms with Gasteiger partial charge in [0, 0.05) is 17.2 Å². The summed E-state index contributed by atoms with van der Waals surface area (Å²) in [6.07, 6.45) is 4.18. The molecular weight excluding hydrogens is 336 g/mol. The lowest BCUT2D eigenvalue weighted by Crippen LogP contribution is -2.36. The molecule has 1 atom stereocenters. The van der Waals surface area contributed by atoms with Crippen LogP contribution in [0.5, 0.6) is 0 Å². The molecule has 1 aromatic heterocycles. The third-order valence-electron chi connectivity index (χ3n) is 4.43. The van der Waals surface area contributed by atoms with Crippen molar-refractivity contribution >= 4 is 21.4 Å². The van der Waals surface area contributed by atoms with E-state index in [1.807, 2.05) is 24.3 Å². The van der Waals surface area contributed by atoms with E-state index in [0.717, 1.165) is 24.8 Å². The van der Waals surface area contributed by atoms with E-state index in [1.165, 1.54) is 6.26 Å². The molecule has 3 rings (SSSR count). The molecular formula is C16H19ClN2O3S. The highest BCUT2D eigenvalue weighted by molar-refractivity contribution is 7.90. The van der Waals surface area contributed by atoms with Crippen LogP contribution in [0.15, 0.2) is 28.8 Å². The second-order valence-electron chi connectivity index (χ2n) is 6.40. The number of rotatable bonds is 5. The molecule has 1 unspecified atom stereocenters. The quantitative estimate of drug-likeness (QED) is 0.823. The minimum atomic E-state index is -3.09. The Morgan fingerprint density at radius 3 is 2.70 bits per heavy atom. The molecule has 0 amide bonds. The first-order valence-corrected chi connectivity index (χ1v) is 10.0. The van der Waals surface area contributed by atoms with Gasteiger partial charge in [0.15, 0.2) is 5.82 Å². The smallest absolute Gasteiger partial charge is 0.230 e. The maximum atomic E-state index is 11.4. The van der Waals surface area contributed by atoms with E-state index in [0.29, 0.717) is 16.7 Å². The molecule has 0 bridgehead atoms. The molecule has 23 heavy (non-hydrogen) atoms. The average Bonchev–Trinajstić information content (AvgIpc) is 2.85. The Labute approximate surface area is 141 Å². The monoisotopic (exact) mass is 354 g/mol.